The van der Waals surface area contributed by atoms with Crippen molar-refractivity contribution in [2.24, 2.45) is 4.40 Å². The summed E-state index contributed by atoms with van der Waals surface area (Å²) in [5.41, 5.74) is 1.91. The topological polar surface area (TPSA) is 110 Å². The molecule has 168 valence electrons. The predicted molar refractivity (Wildman–Crippen MR) is 125 cm³/mol. The molecule has 0 saturated carbocycles. The van der Waals surface area contributed by atoms with Crippen LogP contribution >= 0.6 is 0 Å². The van der Waals surface area contributed by atoms with Gasteiger partial charge in [0.1, 0.15) is 0 Å². The Labute approximate surface area is 192 Å². The minimum Gasteiger partial charge on any atom is -0.287 e. The molecule has 1 aliphatic carbocycles. The maximum Gasteiger partial charge on any atom is 0.282 e. The van der Waals surface area contributed by atoms with Crippen LogP contribution in [0.5, 0.6) is 0 Å². The van der Waals surface area contributed by atoms with E-state index in [-0.39, 0.29) is 26.8 Å². The molecular weight excluding hydrogens is 460 g/mol. The Morgan fingerprint density at radius 1 is 0.697 bits per heavy atom. The van der Waals surface area contributed by atoms with E-state index in [1.165, 1.54) is 30.3 Å². The third-order valence-corrected chi connectivity index (χ3v) is 7.77. The summed E-state index contributed by atoms with van der Waals surface area (Å²) in [6, 6.07) is 18.7. The summed E-state index contributed by atoms with van der Waals surface area (Å²) in [6.45, 7) is 3.66. The molecule has 3 aromatic rings. The van der Waals surface area contributed by atoms with Crippen LogP contribution in [-0.2, 0) is 20.0 Å². The Morgan fingerprint density at radius 3 is 1.79 bits per heavy atom. The van der Waals surface area contributed by atoms with E-state index in [0.717, 1.165) is 17.2 Å². The minimum absolute atomic E-state index is 0.00910. The number of ketones is 1. The number of carbonyl (C=O) groups excluding carboxylic acids is 1. The first-order chi connectivity index (χ1) is 15.6. The molecule has 0 radical (unpaired) electrons. The minimum atomic E-state index is -4.11. The molecule has 0 heterocycles. The highest BCUT2D eigenvalue weighted by Gasteiger charge is 2.29. The standard InChI is InChI=1S/C24H20N2O5S2/c1-16-7-11-18(12-8-16)32(28,29)25-22-15-23(24(27)21-6-4-3-5-20(21)22)26-33(30,31)19-13-9-17(2)10-14-19/h3-15,26H,1-2H3. The summed E-state index contributed by atoms with van der Waals surface area (Å²) in [7, 11) is -8.19. The van der Waals surface area contributed by atoms with Crippen LogP contribution in [0.15, 0.2) is 98.8 Å². The van der Waals surface area contributed by atoms with Gasteiger partial charge in [-0.3, -0.25) is 9.52 Å². The van der Waals surface area contributed by atoms with Crippen molar-refractivity contribution in [3.05, 3.63) is 107 Å². The third kappa shape index (κ3) is 4.64. The van der Waals surface area contributed by atoms with Crippen LogP contribution in [0.25, 0.3) is 0 Å². The van der Waals surface area contributed by atoms with Crippen molar-refractivity contribution >= 4 is 31.5 Å². The zero-order valence-electron chi connectivity index (χ0n) is 17.8. The number of allylic oxidation sites excluding steroid dienone is 2. The van der Waals surface area contributed by atoms with Gasteiger partial charge in [-0.2, -0.15) is 12.8 Å². The predicted octanol–water partition coefficient (Wildman–Crippen LogP) is 3.54. The Balaban J connectivity index is 1.80. The van der Waals surface area contributed by atoms with Crippen LogP contribution in [0.4, 0.5) is 0 Å². The van der Waals surface area contributed by atoms with E-state index in [0.29, 0.717) is 5.56 Å². The molecule has 0 unspecified atom stereocenters. The quantitative estimate of drug-likeness (QED) is 0.601. The number of hydrogen-bond donors (Lipinski definition) is 1. The molecule has 9 heteroatoms. The number of aryl methyl sites for hydroxylation is 2. The lowest BCUT2D eigenvalue weighted by Crippen LogP contribution is -2.31. The zero-order chi connectivity index (χ0) is 23.8. The fourth-order valence-corrected chi connectivity index (χ4v) is 5.34. The number of carbonyl (C=O) groups is 1. The first kappa shape index (κ1) is 22.6. The molecule has 0 saturated heterocycles. The van der Waals surface area contributed by atoms with Gasteiger partial charge in [0.05, 0.1) is 21.2 Å². The largest absolute Gasteiger partial charge is 0.287 e. The first-order valence-electron chi connectivity index (χ1n) is 9.94. The molecule has 1 N–H and O–H groups in total. The van der Waals surface area contributed by atoms with Gasteiger partial charge >= 0.3 is 0 Å². The van der Waals surface area contributed by atoms with Crippen molar-refractivity contribution in [2.45, 2.75) is 23.6 Å². The van der Waals surface area contributed by atoms with Gasteiger partial charge in [0.25, 0.3) is 20.0 Å². The molecule has 3 aromatic carbocycles. The molecule has 7 nitrogen and oxygen atoms in total. The highest BCUT2D eigenvalue weighted by atomic mass is 32.2. The Bertz CT molecular complexity index is 1520. The number of sulfonamides is 2. The normalized spacial score (nSPS) is 15.2. The van der Waals surface area contributed by atoms with Gasteiger partial charge < -0.3 is 0 Å². The molecule has 0 atom stereocenters. The summed E-state index contributed by atoms with van der Waals surface area (Å²) >= 11 is 0. The lowest BCUT2D eigenvalue weighted by molar-refractivity contribution is 0.102. The number of rotatable bonds is 5. The molecule has 0 amide bonds. The maximum atomic E-state index is 13.0. The second-order valence-electron chi connectivity index (χ2n) is 7.62. The second-order valence-corrected chi connectivity index (χ2v) is 10.9. The molecular formula is C24H20N2O5S2. The smallest absolute Gasteiger partial charge is 0.282 e. The van der Waals surface area contributed by atoms with Gasteiger partial charge in [-0.1, -0.05) is 59.7 Å². The van der Waals surface area contributed by atoms with E-state index in [9.17, 15) is 21.6 Å². The van der Waals surface area contributed by atoms with Gasteiger partial charge in [-0.25, -0.2) is 8.42 Å². The molecule has 0 aliphatic heterocycles. The van der Waals surface area contributed by atoms with Gasteiger partial charge in [0, 0.05) is 11.1 Å². The van der Waals surface area contributed by atoms with Crippen LogP contribution in [0.2, 0.25) is 0 Å². The fraction of sp³-hybridized carbons (Fsp3) is 0.0833. The molecule has 1 aliphatic rings. The summed E-state index contributed by atoms with van der Waals surface area (Å²) in [6.07, 6.45) is 1.15. The number of benzene rings is 3. The summed E-state index contributed by atoms with van der Waals surface area (Å²) in [4.78, 5) is 13.0. The average molecular weight is 481 g/mol. The zero-order valence-corrected chi connectivity index (χ0v) is 19.4. The van der Waals surface area contributed by atoms with Gasteiger partial charge in [0.2, 0.25) is 5.78 Å². The molecule has 33 heavy (non-hydrogen) atoms. The number of nitrogens with zero attached hydrogens (tertiary/aromatic N) is 1. The van der Waals surface area contributed by atoms with Crippen molar-refractivity contribution < 1.29 is 21.6 Å². The van der Waals surface area contributed by atoms with Crippen molar-refractivity contribution in [1.29, 1.82) is 0 Å². The van der Waals surface area contributed by atoms with Gasteiger partial charge in [0.15, 0.2) is 0 Å². The molecule has 0 spiro atoms. The number of hydrogen-bond acceptors (Lipinski definition) is 5. The number of nitrogens with one attached hydrogen (secondary N) is 1. The average Bonchev–Trinajstić information content (AvgIpc) is 2.77. The summed E-state index contributed by atoms with van der Waals surface area (Å²) in [5, 5.41) is 0. The van der Waals surface area contributed by atoms with Crippen molar-refractivity contribution in [3.63, 3.8) is 0 Å². The van der Waals surface area contributed by atoms with E-state index >= 15 is 0 Å². The van der Waals surface area contributed by atoms with Crippen LogP contribution in [0.1, 0.15) is 27.0 Å². The monoisotopic (exact) mass is 480 g/mol. The summed E-state index contributed by atoms with van der Waals surface area (Å²) in [5.74, 6) is -0.576. The van der Waals surface area contributed by atoms with Crippen LogP contribution < -0.4 is 4.72 Å². The van der Waals surface area contributed by atoms with Crippen LogP contribution in [0, 0.1) is 13.8 Å². The van der Waals surface area contributed by atoms with Crippen LogP contribution in [0.3, 0.4) is 0 Å². The van der Waals surface area contributed by atoms with Crippen molar-refractivity contribution in [2.75, 3.05) is 0 Å². The molecule has 4 rings (SSSR count). The van der Waals surface area contributed by atoms with Crippen molar-refractivity contribution in [3.8, 4) is 0 Å². The number of fused-ring (bicyclic) bond motifs is 1. The number of Topliss-reactive ketones (excluding diaryl/α,β-unsaturated/α-hetero) is 1. The lowest BCUT2D eigenvalue weighted by atomic mass is 9.93. The highest BCUT2D eigenvalue weighted by Crippen LogP contribution is 2.24. The Hall–Kier alpha value is -3.56. The SMILES string of the molecule is Cc1ccc(S(=O)(=O)N=C2C=C(NS(=O)(=O)c3ccc(C)cc3)C(=O)c3ccccc32)cc1. The second kappa shape index (κ2) is 8.42. The Morgan fingerprint density at radius 2 is 1.21 bits per heavy atom. The van der Waals surface area contributed by atoms with E-state index in [1.807, 2.05) is 13.8 Å². The van der Waals surface area contributed by atoms with E-state index in [4.69, 9.17) is 0 Å². The van der Waals surface area contributed by atoms with Gasteiger partial charge in [-0.05, 0) is 44.2 Å². The Kier molecular flexibility index (Phi) is 5.77. The van der Waals surface area contributed by atoms with Crippen LogP contribution in [-0.4, -0.2) is 28.3 Å². The summed E-state index contributed by atoms with van der Waals surface area (Å²) < 4.78 is 57.7. The highest BCUT2D eigenvalue weighted by molar-refractivity contribution is 7.90. The molecule has 0 fully saturated rings. The van der Waals surface area contributed by atoms with Gasteiger partial charge in [-0.15, -0.1) is 0 Å². The lowest BCUT2D eigenvalue weighted by Gasteiger charge is -2.18. The van der Waals surface area contributed by atoms with Crippen molar-refractivity contribution in [1.82, 2.24) is 4.72 Å². The molecule has 0 bridgehead atoms. The molecule has 0 aromatic heterocycles. The van der Waals surface area contributed by atoms with E-state index in [1.54, 1.807) is 42.5 Å². The first-order valence-corrected chi connectivity index (χ1v) is 12.9. The van der Waals surface area contributed by atoms with E-state index < -0.39 is 25.8 Å². The van der Waals surface area contributed by atoms with E-state index in [2.05, 4.69) is 9.12 Å². The maximum absolute atomic E-state index is 13.0. The third-order valence-electron chi connectivity index (χ3n) is 5.09. The fourth-order valence-electron chi connectivity index (χ4n) is 3.29.